The molecule has 24 heavy (non-hydrogen) atoms. The molecule has 3 aromatic rings. The van der Waals surface area contributed by atoms with Gasteiger partial charge in [0, 0.05) is 18.7 Å². The number of aromatic nitrogens is 4. The van der Waals surface area contributed by atoms with Gasteiger partial charge in [-0.05, 0) is 13.3 Å². The van der Waals surface area contributed by atoms with E-state index in [0.29, 0.717) is 31.1 Å². The predicted octanol–water partition coefficient (Wildman–Crippen LogP) is 1.86. The molecule has 4 rings (SSSR count). The zero-order valence-corrected chi connectivity index (χ0v) is 13.4. The Hall–Kier alpha value is -2.51. The first-order valence-corrected chi connectivity index (χ1v) is 7.95. The Morgan fingerprint density at radius 1 is 1.29 bits per heavy atom. The van der Waals surface area contributed by atoms with E-state index in [1.54, 1.807) is 12.4 Å². The van der Waals surface area contributed by atoms with Crippen molar-refractivity contribution >= 4 is 0 Å². The molecular formula is C17H19N5O2. The summed E-state index contributed by atoms with van der Waals surface area (Å²) >= 11 is 0. The number of aliphatic hydroxyl groups is 1. The lowest BCUT2D eigenvalue weighted by Gasteiger charge is -2.20. The Balaban J connectivity index is 1.44. The minimum atomic E-state index is -0.959. The van der Waals surface area contributed by atoms with Gasteiger partial charge in [-0.25, -0.2) is 4.98 Å². The van der Waals surface area contributed by atoms with Crippen molar-refractivity contribution in [1.82, 2.24) is 25.3 Å². The molecule has 1 aromatic carbocycles. The summed E-state index contributed by atoms with van der Waals surface area (Å²) in [5.41, 5.74) is 1.85. The van der Waals surface area contributed by atoms with Crippen molar-refractivity contribution in [2.45, 2.75) is 25.5 Å². The number of H-pyrrole nitrogens is 1. The molecule has 1 aliphatic rings. The number of benzene rings is 1. The van der Waals surface area contributed by atoms with Crippen LogP contribution in [0, 0.1) is 6.92 Å². The Morgan fingerprint density at radius 2 is 2.12 bits per heavy atom. The predicted molar refractivity (Wildman–Crippen MR) is 86.8 cm³/mol. The minimum absolute atomic E-state index is 0.488. The summed E-state index contributed by atoms with van der Waals surface area (Å²) in [6.07, 6.45) is 3.94. The number of nitrogens with one attached hydrogen (secondary N) is 1. The molecule has 0 saturated carbocycles. The number of hydrogen-bond donors (Lipinski definition) is 2. The van der Waals surface area contributed by atoms with E-state index < -0.39 is 5.60 Å². The average molecular weight is 325 g/mol. The van der Waals surface area contributed by atoms with Crippen LogP contribution in [-0.2, 0) is 12.1 Å². The van der Waals surface area contributed by atoms with Crippen LogP contribution in [0.3, 0.4) is 0 Å². The first-order chi connectivity index (χ1) is 11.6. The quantitative estimate of drug-likeness (QED) is 0.761. The molecule has 0 amide bonds. The van der Waals surface area contributed by atoms with Crippen LogP contribution in [0.1, 0.15) is 23.6 Å². The molecular weight excluding hydrogens is 306 g/mol. The van der Waals surface area contributed by atoms with Gasteiger partial charge in [0.15, 0.2) is 5.76 Å². The second-order valence-electron chi connectivity index (χ2n) is 6.33. The van der Waals surface area contributed by atoms with E-state index >= 15 is 0 Å². The number of nitrogens with zero attached hydrogens (tertiary/aromatic N) is 4. The first-order valence-electron chi connectivity index (χ1n) is 7.95. The van der Waals surface area contributed by atoms with Gasteiger partial charge in [0.2, 0.25) is 5.89 Å². The van der Waals surface area contributed by atoms with Gasteiger partial charge in [0.25, 0.3) is 0 Å². The first kappa shape index (κ1) is 15.0. The van der Waals surface area contributed by atoms with E-state index in [9.17, 15) is 5.11 Å². The van der Waals surface area contributed by atoms with E-state index in [4.69, 9.17) is 4.42 Å². The molecule has 124 valence electrons. The summed E-state index contributed by atoms with van der Waals surface area (Å²) in [6, 6.07) is 8.16. The number of hydrogen-bond acceptors (Lipinski definition) is 6. The van der Waals surface area contributed by atoms with Crippen LogP contribution in [0.25, 0.3) is 11.3 Å². The third-order valence-electron chi connectivity index (χ3n) is 4.47. The monoisotopic (exact) mass is 325 g/mol. The molecule has 2 N–H and O–H groups in total. The largest absolute Gasteiger partial charge is 0.439 e. The van der Waals surface area contributed by atoms with Gasteiger partial charge in [-0.3, -0.25) is 4.90 Å². The van der Waals surface area contributed by atoms with Gasteiger partial charge in [-0.1, -0.05) is 29.8 Å². The van der Waals surface area contributed by atoms with E-state index in [2.05, 4.69) is 44.4 Å². The average Bonchev–Trinajstić information content (AvgIpc) is 3.30. The standard InChI is InChI=1S/C17H19N5O2/c1-12-2-4-13(5-3-12)14-8-18-16(24-14)10-22-7-6-17(23,11-22)15-9-19-21-20-15/h2-5,8-9,23H,6-7,10-11H2,1H3,(H,19,20,21)/t17-/m0/s1. The van der Waals surface area contributed by atoms with Crippen LogP contribution in [0.5, 0.6) is 0 Å². The number of aryl methyl sites for hydroxylation is 1. The van der Waals surface area contributed by atoms with Crippen LogP contribution in [0.15, 0.2) is 41.1 Å². The molecule has 2 aromatic heterocycles. The third-order valence-corrected chi connectivity index (χ3v) is 4.47. The fourth-order valence-electron chi connectivity index (χ4n) is 3.07. The summed E-state index contributed by atoms with van der Waals surface area (Å²) in [7, 11) is 0. The lowest BCUT2D eigenvalue weighted by atomic mass is 10.0. The Labute approximate surface area is 139 Å². The summed E-state index contributed by atoms with van der Waals surface area (Å²) in [5.74, 6) is 1.41. The molecule has 0 bridgehead atoms. The van der Waals surface area contributed by atoms with Crippen LogP contribution in [0.2, 0.25) is 0 Å². The Morgan fingerprint density at radius 3 is 2.88 bits per heavy atom. The normalized spacial score (nSPS) is 21.4. The van der Waals surface area contributed by atoms with E-state index in [1.165, 1.54) is 5.56 Å². The Bertz CT molecular complexity index is 812. The van der Waals surface area contributed by atoms with Crippen molar-refractivity contribution in [1.29, 1.82) is 0 Å². The van der Waals surface area contributed by atoms with E-state index in [0.717, 1.165) is 17.9 Å². The van der Waals surface area contributed by atoms with Gasteiger partial charge in [-0.2, -0.15) is 15.4 Å². The lowest BCUT2D eigenvalue weighted by molar-refractivity contribution is 0.0400. The molecule has 0 spiro atoms. The van der Waals surface area contributed by atoms with Gasteiger partial charge in [-0.15, -0.1) is 0 Å². The van der Waals surface area contributed by atoms with Crippen molar-refractivity contribution in [3.05, 3.63) is 53.8 Å². The highest BCUT2D eigenvalue weighted by molar-refractivity contribution is 5.56. The van der Waals surface area contributed by atoms with Gasteiger partial charge in [0.05, 0.1) is 18.9 Å². The van der Waals surface area contributed by atoms with Gasteiger partial charge in [0.1, 0.15) is 11.3 Å². The lowest BCUT2D eigenvalue weighted by Crippen LogP contribution is -2.31. The number of β-amino-alcohol motifs (C(OH)–C–C–N with tert-alkyl or cyclic N) is 1. The molecule has 3 heterocycles. The van der Waals surface area contributed by atoms with Crippen LogP contribution < -0.4 is 0 Å². The topological polar surface area (TPSA) is 91.1 Å². The summed E-state index contributed by atoms with van der Waals surface area (Å²) < 4.78 is 5.86. The molecule has 1 aliphatic heterocycles. The molecule has 0 aliphatic carbocycles. The zero-order valence-electron chi connectivity index (χ0n) is 13.4. The van der Waals surface area contributed by atoms with Crippen molar-refractivity contribution in [3.63, 3.8) is 0 Å². The highest BCUT2D eigenvalue weighted by Crippen LogP contribution is 2.31. The molecule has 1 saturated heterocycles. The van der Waals surface area contributed by atoms with Crippen LogP contribution in [-0.4, -0.2) is 43.5 Å². The van der Waals surface area contributed by atoms with Gasteiger partial charge >= 0.3 is 0 Å². The van der Waals surface area contributed by atoms with E-state index in [-0.39, 0.29) is 0 Å². The van der Waals surface area contributed by atoms with Crippen LogP contribution >= 0.6 is 0 Å². The molecule has 1 atom stereocenters. The van der Waals surface area contributed by atoms with Crippen molar-refractivity contribution in [2.24, 2.45) is 0 Å². The summed E-state index contributed by atoms with van der Waals surface area (Å²) in [5, 5.41) is 21.0. The number of likely N-dealkylation sites (tertiary alicyclic amines) is 1. The molecule has 7 heteroatoms. The van der Waals surface area contributed by atoms with Crippen LogP contribution in [0.4, 0.5) is 0 Å². The second-order valence-corrected chi connectivity index (χ2v) is 6.33. The summed E-state index contributed by atoms with van der Waals surface area (Å²) in [6.45, 7) is 3.86. The van der Waals surface area contributed by atoms with Crippen molar-refractivity contribution in [3.8, 4) is 11.3 Å². The second kappa shape index (κ2) is 5.85. The fourth-order valence-corrected chi connectivity index (χ4v) is 3.07. The number of rotatable bonds is 4. The van der Waals surface area contributed by atoms with Gasteiger partial charge < -0.3 is 9.52 Å². The number of oxazole rings is 1. The van der Waals surface area contributed by atoms with Crippen molar-refractivity contribution in [2.75, 3.05) is 13.1 Å². The molecule has 1 fully saturated rings. The van der Waals surface area contributed by atoms with E-state index in [1.807, 2.05) is 12.1 Å². The fraction of sp³-hybridized carbons (Fsp3) is 0.353. The maximum atomic E-state index is 10.7. The smallest absolute Gasteiger partial charge is 0.209 e. The highest BCUT2D eigenvalue weighted by atomic mass is 16.4. The zero-order chi connectivity index (χ0) is 16.6. The maximum absolute atomic E-state index is 10.7. The Kier molecular flexibility index (Phi) is 3.66. The molecule has 7 nitrogen and oxygen atoms in total. The maximum Gasteiger partial charge on any atom is 0.209 e. The SMILES string of the molecule is Cc1ccc(-c2cnc(CN3CC[C@@](O)(c4cn[nH]n4)C3)o2)cc1. The molecule has 0 radical (unpaired) electrons. The highest BCUT2D eigenvalue weighted by Gasteiger charge is 2.40. The van der Waals surface area contributed by atoms with Crippen molar-refractivity contribution < 1.29 is 9.52 Å². The number of aromatic amines is 1. The molecule has 0 unspecified atom stereocenters. The third kappa shape index (κ3) is 2.83. The summed E-state index contributed by atoms with van der Waals surface area (Å²) in [4.78, 5) is 6.48. The minimum Gasteiger partial charge on any atom is -0.439 e.